The monoisotopic (exact) mass is 258 g/mol. The Balaban J connectivity index is 2.21. The molecular formula is C12H22N2O4. The van der Waals surface area contributed by atoms with Crippen LogP contribution in [0.2, 0.25) is 0 Å². The van der Waals surface area contributed by atoms with E-state index in [4.69, 9.17) is 4.74 Å². The van der Waals surface area contributed by atoms with Crippen molar-refractivity contribution < 1.29 is 19.1 Å². The molecule has 1 aliphatic heterocycles. The third-order valence-electron chi connectivity index (χ3n) is 2.97. The number of esters is 1. The van der Waals surface area contributed by atoms with Crippen LogP contribution < -0.4 is 10.6 Å². The highest BCUT2D eigenvalue weighted by Gasteiger charge is 2.33. The molecule has 18 heavy (non-hydrogen) atoms. The molecule has 0 spiro atoms. The van der Waals surface area contributed by atoms with Gasteiger partial charge in [0.05, 0.1) is 26.2 Å². The highest BCUT2D eigenvalue weighted by Crippen LogP contribution is 2.13. The Morgan fingerprint density at radius 3 is 2.83 bits per heavy atom. The SMILES string of the molecule is CCNC1COCC1C(=O)NCCCC(=O)OC. The topological polar surface area (TPSA) is 76.7 Å². The zero-order chi connectivity index (χ0) is 13.4. The molecule has 2 atom stereocenters. The van der Waals surface area contributed by atoms with Gasteiger partial charge < -0.3 is 20.1 Å². The number of likely N-dealkylation sites (N-methyl/N-ethyl adjacent to an activating group) is 1. The molecule has 1 heterocycles. The van der Waals surface area contributed by atoms with Crippen molar-refractivity contribution in [3.8, 4) is 0 Å². The predicted octanol–water partition coefficient (Wildman–Crippen LogP) is -0.320. The van der Waals surface area contributed by atoms with E-state index in [1.54, 1.807) is 0 Å². The lowest BCUT2D eigenvalue weighted by Crippen LogP contribution is -2.44. The van der Waals surface area contributed by atoms with Gasteiger partial charge in [0.2, 0.25) is 5.91 Å². The second-order valence-corrected chi connectivity index (χ2v) is 4.28. The van der Waals surface area contributed by atoms with E-state index in [1.807, 2.05) is 6.92 Å². The summed E-state index contributed by atoms with van der Waals surface area (Å²) >= 11 is 0. The van der Waals surface area contributed by atoms with E-state index in [9.17, 15) is 9.59 Å². The van der Waals surface area contributed by atoms with Crippen LogP contribution in [0, 0.1) is 5.92 Å². The maximum atomic E-state index is 11.9. The third-order valence-corrected chi connectivity index (χ3v) is 2.97. The minimum Gasteiger partial charge on any atom is -0.469 e. The second-order valence-electron chi connectivity index (χ2n) is 4.28. The van der Waals surface area contributed by atoms with Crippen LogP contribution in [0.1, 0.15) is 19.8 Å². The van der Waals surface area contributed by atoms with Crippen molar-refractivity contribution in [2.45, 2.75) is 25.8 Å². The molecule has 0 aliphatic carbocycles. The van der Waals surface area contributed by atoms with Crippen LogP contribution >= 0.6 is 0 Å². The van der Waals surface area contributed by atoms with Gasteiger partial charge >= 0.3 is 5.97 Å². The van der Waals surface area contributed by atoms with E-state index in [2.05, 4.69) is 15.4 Å². The summed E-state index contributed by atoms with van der Waals surface area (Å²) in [4.78, 5) is 22.8. The van der Waals surface area contributed by atoms with Gasteiger partial charge in [0.25, 0.3) is 0 Å². The van der Waals surface area contributed by atoms with Gasteiger partial charge in [0.15, 0.2) is 0 Å². The molecule has 0 saturated carbocycles. The summed E-state index contributed by atoms with van der Waals surface area (Å²) < 4.78 is 9.83. The maximum Gasteiger partial charge on any atom is 0.305 e. The molecule has 1 saturated heterocycles. The molecule has 2 unspecified atom stereocenters. The molecule has 0 bridgehead atoms. The summed E-state index contributed by atoms with van der Waals surface area (Å²) in [6.45, 7) is 4.35. The van der Waals surface area contributed by atoms with Gasteiger partial charge in [0.1, 0.15) is 0 Å². The van der Waals surface area contributed by atoms with Crippen LogP contribution in [-0.2, 0) is 19.1 Å². The van der Waals surface area contributed by atoms with Crippen molar-refractivity contribution in [2.75, 3.05) is 33.4 Å². The van der Waals surface area contributed by atoms with Gasteiger partial charge in [0, 0.05) is 19.0 Å². The summed E-state index contributed by atoms with van der Waals surface area (Å²) in [7, 11) is 1.36. The normalized spacial score (nSPS) is 22.8. The van der Waals surface area contributed by atoms with Crippen LogP contribution in [0.3, 0.4) is 0 Å². The van der Waals surface area contributed by atoms with Crippen LogP contribution in [0.5, 0.6) is 0 Å². The van der Waals surface area contributed by atoms with Crippen molar-refractivity contribution in [1.82, 2.24) is 10.6 Å². The van der Waals surface area contributed by atoms with Gasteiger partial charge in [-0.2, -0.15) is 0 Å². The van der Waals surface area contributed by atoms with Crippen molar-refractivity contribution in [3.05, 3.63) is 0 Å². The fraction of sp³-hybridized carbons (Fsp3) is 0.833. The molecule has 0 aromatic heterocycles. The fourth-order valence-corrected chi connectivity index (χ4v) is 1.95. The first kappa shape index (κ1) is 14.9. The van der Waals surface area contributed by atoms with Gasteiger partial charge in [-0.3, -0.25) is 9.59 Å². The van der Waals surface area contributed by atoms with Gasteiger partial charge in [-0.1, -0.05) is 6.92 Å². The molecule has 0 aromatic carbocycles. The summed E-state index contributed by atoms with van der Waals surface area (Å²) in [5, 5.41) is 6.06. The number of methoxy groups -OCH3 is 1. The lowest BCUT2D eigenvalue weighted by atomic mass is 10.0. The van der Waals surface area contributed by atoms with E-state index in [0.29, 0.717) is 32.6 Å². The first-order valence-electron chi connectivity index (χ1n) is 6.34. The number of rotatable bonds is 7. The van der Waals surface area contributed by atoms with Gasteiger partial charge in [-0.05, 0) is 13.0 Å². The standard InChI is InChI=1S/C12H22N2O4/c1-3-13-10-8-18-7-9(10)12(16)14-6-4-5-11(15)17-2/h9-10,13H,3-8H2,1-2H3,(H,14,16). The van der Waals surface area contributed by atoms with Crippen LogP contribution in [0.25, 0.3) is 0 Å². The number of amides is 1. The minimum atomic E-state index is -0.251. The highest BCUT2D eigenvalue weighted by atomic mass is 16.5. The van der Waals surface area contributed by atoms with E-state index in [-0.39, 0.29) is 23.8 Å². The number of carbonyl (C=O) groups excluding carboxylic acids is 2. The van der Waals surface area contributed by atoms with E-state index < -0.39 is 0 Å². The average molecular weight is 258 g/mol. The number of carbonyl (C=O) groups is 2. The van der Waals surface area contributed by atoms with Gasteiger partial charge in [-0.15, -0.1) is 0 Å². The van der Waals surface area contributed by atoms with Crippen LogP contribution in [0.4, 0.5) is 0 Å². The Morgan fingerprint density at radius 2 is 2.17 bits per heavy atom. The second kappa shape index (κ2) is 8.05. The molecule has 6 heteroatoms. The highest BCUT2D eigenvalue weighted by molar-refractivity contribution is 5.80. The molecule has 1 amide bonds. The molecule has 104 valence electrons. The zero-order valence-electron chi connectivity index (χ0n) is 11.0. The number of hydrogen-bond acceptors (Lipinski definition) is 5. The third kappa shape index (κ3) is 4.62. The Kier molecular flexibility index (Phi) is 6.67. The van der Waals surface area contributed by atoms with E-state index >= 15 is 0 Å². The first-order valence-corrected chi connectivity index (χ1v) is 6.34. The fourth-order valence-electron chi connectivity index (χ4n) is 1.95. The average Bonchev–Trinajstić information content (AvgIpc) is 2.82. The molecule has 1 rings (SSSR count). The molecule has 1 aliphatic rings. The first-order chi connectivity index (χ1) is 8.69. The summed E-state index contributed by atoms with van der Waals surface area (Å²) in [6.07, 6.45) is 0.923. The molecule has 0 radical (unpaired) electrons. The van der Waals surface area contributed by atoms with Crippen LogP contribution in [-0.4, -0.2) is 51.3 Å². The summed E-state index contributed by atoms with van der Waals surface area (Å²) in [5.41, 5.74) is 0. The zero-order valence-corrected chi connectivity index (χ0v) is 11.0. The van der Waals surface area contributed by atoms with Crippen LogP contribution in [0.15, 0.2) is 0 Å². The van der Waals surface area contributed by atoms with Crippen molar-refractivity contribution in [1.29, 1.82) is 0 Å². The lowest BCUT2D eigenvalue weighted by molar-refractivity contribution is -0.140. The molecular weight excluding hydrogens is 236 g/mol. The Morgan fingerprint density at radius 1 is 1.39 bits per heavy atom. The van der Waals surface area contributed by atoms with E-state index in [1.165, 1.54) is 7.11 Å². The molecule has 0 aromatic rings. The number of ether oxygens (including phenoxy) is 2. The lowest BCUT2D eigenvalue weighted by Gasteiger charge is -2.17. The number of nitrogens with one attached hydrogen (secondary N) is 2. The molecule has 1 fully saturated rings. The largest absolute Gasteiger partial charge is 0.469 e. The Labute approximate surface area is 107 Å². The molecule has 2 N–H and O–H groups in total. The Bertz CT molecular complexity index is 283. The maximum absolute atomic E-state index is 11.9. The van der Waals surface area contributed by atoms with Crippen molar-refractivity contribution in [2.24, 2.45) is 5.92 Å². The predicted molar refractivity (Wildman–Crippen MR) is 66.0 cm³/mol. The van der Waals surface area contributed by atoms with E-state index in [0.717, 1.165) is 6.54 Å². The van der Waals surface area contributed by atoms with Crippen molar-refractivity contribution >= 4 is 11.9 Å². The summed E-state index contributed by atoms with van der Waals surface area (Å²) in [6, 6.07) is 0.0932. The van der Waals surface area contributed by atoms with Gasteiger partial charge in [-0.25, -0.2) is 0 Å². The molecule has 6 nitrogen and oxygen atoms in total. The minimum absolute atomic E-state index is 0.0108. The quantitative estimate of drug-likeness (QED) is 0.483. The summed E-state index contributed by atoms with van der Waals surface area (Å²) in [5.74, 6) is -0.398. The Hall–Kier alpha value is -1.14. The number of hydrogen-bond donors (Lipinski definition) is 2. The smallest absolute Gasteiger partial charge is 0.305 e. The van der Waals surface area contributed by atoms with Crippen molar-refractivity contribution in [3.63, 3.8) is 0 Å².